The molecule has 176 valence electrons. The average Bonchev–Trinajstić information content (AvgIpc) is 2.80. The standard InChI is InChI=1S/C23H24ClF2N3O4/c1-33-23(32)21(16-4-2-3-5-18(16)24)29-12-10-28(11-13-29)20(30)8-9-27-22(31)17-7-6-15(25)14-19(17)26/h2-7,14,21H,8-13H2,1H3,(H,27,31). The number of halogens is 3. The highest BCUT2D eigenvalue weighted by Gasteiger charge is 2.33. The van der Waals surface area contributed by atoms with E-state index >= 15 is 0 Å². The summed E-state index contributed by atoms with van der Waals surface area (Å²) in [6, 6.07) is 9.05. The Balaban J connectivity index is 1.52. The van der Waals surface area contributed by atoms with Gasteiger partial charge in [-0.1, -0.05) is 29.8 Å². The van der Waals surface area contributed by atoms with Gasteiger partial charge in [0.2, 0.25) is 5.91 Å². The second-order valence-corrected chi connectivity index (χ2v) is 7.90. The number of rotatable bonds is 7. The molecule has 10 heteroatoms. The van der Waals surface area contributed by atoms with Crippen molar-refractivity contribution in [3.8, 4) is 0 Å². The maximum absolute atomic E-state index is 13.7. The number of benzene rings is 2. The van der Waals surface area contributed by atoms with Crippen LogP contribution in [-0.2, 0) is 14.3 Å². The predicted molar refractivity (Wildman–Crippen MR) is 118 cm³/mol. The van der Waals surface area contributed by atoms with Gasteiger partial charge in [-0.3, -0.25) is 14.5 Å². The minimum absolute atomic E-state index is 0.0130. The maximum atomic E-state index is 13.7. The minimum atomic E-state index is -0.964. The van der Waals surface area contributed by atoms with Crippen molar-refractivity contribution in [2.45, 2.75) is 12.5 Å². The Morgan fingerprint density at radius 1 is 1.09 bits per heavy atom. The SMILES string of the molecule is COC(=O)C(c1ccccc1Cl)N1CCN(C(=O)CCNC(=O)c2ccc(F)cc2F)CC1. The summed E-state index contributed by atoms with van der Waals surface area (Å²) in [5, 5.41) is 2.93. The van der Waals surface area contributed by atoms with E-state index < -0.39 is 29.6 Å². The van der Waals surface area contributed by atoms with Gasteiger partial charge in [-0.2, -0.15) is 0 Å². The minimum Gasteiger partial charge on any atom is -0.468 e. The third-order valence-corrected chi connectivity index (χ3v) is 5.80. The number of methoxy groups -OCH3 is 1. The molecule has 7 nitrogen and oxygen atoms in total. The Hall–Kier alpha value is -3.04. The molecule has 1 fully saturated rings. The normalized spacial score (nSPS) is 15.1. The van der Waals surface area contributed by atoms with Gasteiger partial charge in [-0.15, -0.1) is 0 Å². The third kappa shape index (κ3) is 6.06. The van der Waals surface area contributed by atoms with Gasteiger partial charge in [0, 0.05) is 50.2 Å². The van der Waals surface area contributed by atoms with E-state index in [1.807, 2.05) is 4.90 Å². The summed E-state index contributed by atoms with van der Waals surface area (Å²) in [5.41, 5.74) is 0.354. The van der Waals surface area contributed by atoms with E-state index in [9.17, 15) is 23.2 Å². The second-order valence-electron chi connectivity index (χ2n) is 7.49. The Morgan fingerprint density at radius 3 is 2.42 bits per heavy atom. The number of amides is 2. The number of hydrogen-bond donors (Lipinski definition) is 1. The molecule has 1 unspecified atom stereocenters. The molecule has 33 heavy (non-hydrogen) atoms. The van der Waals surface area contributed by atoms with Crippen LogP contribution in [0.3, 0.4) is 0 Å². The van der Waals surface area contributed by atoms with Crippen LogP contribution in [0.5, 0.6) is 0 Å². The Labute approximate surface area is 195 Å². The Bertz CT molecular complexity index is 1030. The summed E-state index contributed by atoms with van der Waals surface area (Å²) >= 11 is 6.29. The van der Waals surface area contributed by atoms with Crippen molar-refractivity contribution >= 4 is 29.4 Å². The van der Waals surface area contributed by atoms with Gasteiger partial charge in [-0.05, 0) is 23.8 Å². The smallest absolute Gasteiger partial charge is 0.327 e. The van der Waals surface area contributed by atoms with Crippen LogP contribution in [0.1, 0.15) is 28.4 Å². The summed E-state index contributed by atoms with van der Waals surface area (Å²) in [6.45, 7) is 1.65. The van der Waals surface area contributed by atoms with Crippen molar-refractivity contribution < 1.29 is 27.9 Å². The lowest BCUT2D eigenvalue weighted by Crippen LogP contribution is -2.51. The van der Waals surface area contributed by atoms with Crippen molar-refractivity contribution in [1.82, 2.24) is 15.1 Å². The first-order valence-electron chi connectivity index (χ1n) is 10.4. The van der Waals surface area contributed by atoms with Gasteiger partial charge in [0.25, 0.3) is 5.91 Å². The summed E-state index contributed by atoms with van der Waals surface area (Å²) < 4.78 is 31.6. The molecule has 0 saturated carbocycles. The van der Waals surface area contributed by atoms with Gasteiger partial charge in [-0.25, -0.2) is 13.6 Å². The van der Waals surface area contributed by atoms with Gasteiger partial charge in [0.05, 0.1) is 12.7 Å². The van der Waals surface area contributed by atoms with Gasteiger partial charge in [0.1, 0.15) is 17.7 Å². The lowest BCUT2D eigenvalue weighted by atomic mass is 10.0. The first kappa shape index (κ1) is 24.6. The highest BCUT2D eigenvalue weighted by Crippen LogP contribution is 2.29. The zero-order valence-electron chi connectivity index (χ0n) is 18.0. The number of hydrogen-bond acceptors (Lipinski definition) is 5. The maximum Gasteiger partial charge on any atom is 0.327 e. The first-order chi connectivity index (χ1) is 15.8. The number of carbonyl (C=O) groups is 3. The fourth-order valence-electron chi connectivity index (χ4n) is 3.72. The zero-order chi connectivity index (χ0) is 24.0. The molecule has 1 aliphatic heterocycles. The van der Waals surface area contributed by atoms with Crippen LogP contribution in [0.15, 0.2) is 42.5 Å². The number of piperazine rings is 1. The highest BCUT2D eigenvalue weighted by atomic mass is 35.5. The largest absolute Gasteiger partial charge is 0.468 e. The fourth-order valence-corrected chi connectivity index (χ4v) is 3.96. The predicted octanol–water partition coefficient (Wildman–Crippen LogP) is 2.80. The number of carbonyl (C=O) groups excluding carboxylic acids is 3. The van der Waals surface area contributed by atoms with E-state index in [-0.39, 0.29) is 24.4 Å². The zero-order valence-corrected chi connectivity index (χ0v) is 18.8. The molecule has 2 amide bonds. The molecule has 3 rings (SSSR count). The molecular formula is C23H24ClF2N3O4. The summed E-state index contributed by atoms with van der Waals surface area (Å²) in [7, 11) is 1.32. The molecule has 2 aromatic carbocycles. The Kier molecular flexibility index (Phi) is 8.35. The van der Waals surface area contributed by atoms with E-state index in [2.05, 4.69) is 5.32 Å². The van der Waals surface area contributed by atoms with E-state index in [0.29, 0.717) is 42.8 Å². The van der Waals surface area contributed by atoms with E-state index in [1.165, 1.54) is 7.11 Å². The highest BCUT2D eigenvalue weighted by molar-refractivity contribution is 6.31. The van der Waals surface area contributed by atoms with E-state index in [0.717, 1.165) is 12.1 Å². The van der Waals surface area contributed by atoms with Crippen molar-refractivity contribution in [2.24, 2.45) is 0 Å². The average molecular weight is 480 g/mol. The molecular weight excluding hydrogens is 456 g/mol. The molecule has 0 aliphatic carbocycles. The van der Waals surface area contributed by atoms with Crippen LogP contribution in [0.4, 0.5) is 8.78 Å². The van der Waals surface area contributed by atoms with Crippen molar-refractivity contribution in [2.75, 3.05) is 39.8 Å². The molecule has 0 radical (unpaired) electrons. The number of nitrogens with zero attached hydrogens (tertiary/aromatic N) is 2. The van der Waals surface area contributed by atoms with Gasteiger partial charge >= 0.3 is 5.97 Å². The topological polar surface area (TPSA) is 79.0 Å². The van der Waals surface area contributed by atoms with Gasteiger partial charge in [0.15, 0.2) is 0 Å². The number of esters is 1. The number of nitrogens with one attached hydrogen (secondary N) is 1. The summed E-state index contributed by atoms with van der Waals surface area (Å²) in [5.74, 6) is -3.07. The Morgan fingerprint density at radius 2 is 1.79 bits per heavy atom. The van der Waals surface area contributed by atoms with Crippen molar-refractivity contribution in [3.05, 3.63) is 70.2 Å². The molecule has 1 heterocycles. The molecule has 0 bridgehead atoms. The number of ether oxygens (including phenoxy) is 1. The van der Waals surface area contributed by atoms with Crippen molar-refractivity contribution in [1.29, 1.82) is 0 Å². The molecule has 0 spiro atoms. The second kappa shape index (κ2) is 11.2. The van der Waals surface area contributed by atoms with Crippen molar-refractivity contribution in [3.63, 3.8) is 0 Å². The molecule has 1 atom stereocenters. The molecule has 0 aromatic heterocycles. The van der Waals surface area contributed by atoms with Crippen LogP contribution < -0.4 is 5.32 Å². The van der Waals surface area contributed by atoms with E-state index in [1.54, 1.807) is 29.2 Å². The van der Waals surface area contributed by atoms with Crippen LogP contribution in [0.2, 0.25) is 5.02 Å². The van der Waals surface area contributed by atoms with Crippen LogP contribution in [-0.4, -0.2) is 67.4 Å². The summed E-state index contributed by atoms with van der Waals surface area (Å²) in [6.07, 6.45) is 0.0273. The monoisotopic (exact) mass is 479 g/mol. The summed E-state index contributed by atoms with van der Waals surface area (Å²) in [4.78, 5) is 40.6. The molecule has 1 aliphatic rings. The third-order valence-electron chi connectivity index (χ3n) is 5.46. The van der Waals surface area contributed by atoms with Crippen LogP contribution in [0, 0.1) is 11.6 Å². The van der Waals surface area contributed by atoms with Gasteiger partial charge < -0.3 is 15.0 Å². The van der Waals surface area contributed by atoms with Crippen LogP contribution in [0.25, 0.3) is 0 Å². The lowest BCUT2D eigenvalue weighted by Gasteiger charge is -2.38. The molecule has 2 aromatic rings. The first-order valence-corrected chi connectivity index (χ1v) is 10.8. The lowest BCUT2D eigenvalue weighted by molar-refractivity contribution is -0.148. The van der Waals surface area contributed by atoms with Crippen LogP contribution >= 0.6 is 11.6 Å². The molecule has 1 saturated heterocycles. The molecule has 1 N–H and O–H groups in total. The van der Waals surface area contributed by atoms with E-state index in [4.69, 9.17) is 16.3 Å². The fraction of sp³-hybridized carbons (Fsp3) is 0.348. The quantitative estimate of drug-likeness (QED) is 0.618.